The van der Waals surface area contributed by atoms with Crippen molar-refractivity contribution in [1.29, 1.82) is 0 Å². The van der Waals surface area contributed by atoms with Crippen LogP contribution in [0.4, 0.5) is 0 Å². The number of nitrogens with zero attached hydrogens (tertiary/aromatic N) is 2. The number of carbonyl (C=O) groups excluding carboxylic acids is 3. The molecule has 140 valence electrons. The standard InChI is InChI=1S/C21H17N3O4/c1-28-13-8-6-11(7-9-13)19(25)18-16-15(20(26)23-21(16)27)17-14-5-3-2-4-12(14)10-22-24(17)18/h2-10,15-18H,1H3,(H,23,26,27)/t15-,16+,17-,18+/m1/s1. The topological polar surface area (TPSA) is 88.1 Å². The van der Waals surface area contributed by atoms with Crippen molar-refractivity contribution in [1.82, 2.24) is 10.3 Å². The summed E-state index contributed by atoms with van der Waals surface area (Å²) >= 11 is 0. The predicted molar refractivity (Wildman–Crippen MR) is 99.9 cm³/mol. The summed E-state index contributed by atoms with van der Waals surface area (Å²) < 4.78 is 5.15. The Kier molecular flexibility index (Phi) is 3.58. The predicted octanol–water partition coefficient (Wildman–Crippen LogP) is 1.54. The summed E-state index contributed by atoms with van der Waals surface area (Å²) in [6, 6.07) is 13.1. The van der Waals surface area contributed by atoms with Gasteiger partial charge in [-0.25, -0.2) is 0 Å². The Hall–Kier alpha value is -3.48. The van der Waals surface area contributed by atoms with Crippen molar-refractivity contribution >= 4 is 23.8 Å². The van der Waals surface area contributed by atoms with Crippen molar-refractivity contribution in [3.05, 3.63) is 65.2 Å². The van der Waals surface area contributed by atoms with Gasteiger partial charge in [0.15, 0.2) is 5.78 Å². The number of methoxy groups -OCH3 is 1. The van der Waals surface area contributed by atoms with Crippen molar-refractivity contribution in [3.8, 4) is 5.75 Å². The molecule has 0 bridgehead atoms. The second-order valence-corrected chi connectivity index (χ2v) is 7.14. The van der Waals surface area contributed by atoms with Crippen molar-refractivity contribution in [2.75, 3.05) is 7.11 Å². The Morgan fingerprint density at radius 2 is 1.75 bits per heavy atom. The van der Waals surface area contributed by atoms with Gasteiger partial charge in [-0.15, -0.1) is 0 Å². The Morgan fingerprint density at radius 1 is 1.04 bits per heavy atom. The van der Waals surface area contributed by atoms with Gasteiger partial charge in [-0.05, 0) is 35.4 Å². The molecule has 28 heavy (non-hydrogen) atoms. The third-order valence-electron chi connectivity index (χ3n) is 5.78. The van der Waals surface area contributed by atoms with Crippen LogP contribution in [0.2, 0.25) is 0 Å². The van der Waals surface area contributed by atoms with Gasteiger partial charge in [0.1, 0.15) is 11.8 Å². The molecule has 0 spiro atoms. The van der Waals surface area contributed by atoms with Crippen LogP contribution in [-0.2, 0) is 9.59 Å². The molecule has 4 atom stereocenters. The second kappa shape index (κ2) is 6.02. The molecule has 0 aromatic heterocycles. The highest BCUT2D eigenvalue weighted by atomic mass is 16.5. The first-order chi connectivity index (χ1) is 13.6. The molecule has 2 aromatic rings. The minimum Gasteiger partial charge on any atom is -0.497 e. The zero-order chi connectivity index (χ0) is 19.4. The molecule has 3 heterocycles. The molecule has 0 radical (unpaired) electrons. The first-order valence-electron chi connectivity index (χ1n) is 9.04. The summed E-state index contributed by atoms with van der Waals surface area (Å²) in [6.07, 6.45) is 1.68. The fraction of sp³-hybridized carbons (Fsp3) is 0.238. The zero-order valence-electron chi connectivity index (χ0n) is 15.0. The quantitative estimate of drug-likeness (QED) is 0.649. The Morgan fingerprint density at radius 3 is 2.50 bits per heavy atom. The molecule has 2 amide bonds. The van der Waals surface area contributed by atoms with Gasteiger partial charge in [-0.3, -0.25) is 24.7 Å². The Bertz CT molecular complexity index is 1030. The largest absolute Gasteiger partial charge is 0.497 e. The molecule has 7 heteroatoms. The fourth-order valence-electron chi connectivity index (χ4n) is 4.51. The van der Waals surface area contributed by atoms with Crippen LogP contribution in [0, 0.1) is 11.8 Å². The van der Waals surface area contributed by atoms with Crippen molar-refractivity contribution in [2.24, 2.45) is 16.9 Å². The number of Topliss-reactive ketones (excluding diaryl/α,β-unsaturated/α-hetero) is 1. The number of hydrogen-bond acceptors (Lipinski definition) is 6. The maximum Gasteiger partial charge on any atom is 0.233 e. The lowest BCUT2D eigenvalue weighted by Gasteiger charge is -2.32. The van der Waals surface area contributed by atoms with Crippen LogP contribution in [0.25, 0.3) is 0 Å². The Balaban J connectivity index is 1.61. The zero-order valence-corrected chi connectivity index (χ0v) is 15.0. The molecule has 2 aromatic carbocycles. The number of fused-ring (bicyclic) bond motifs is 5. The number of hydrogen-bond donors (Lipinski definition) is 1. The van der Waals surface area contributed by atoms with Crippen molar-refractivity contribution in [3.63, 3.8) is 0 Å². The highest BCUT2D eigenvalue weighted by Crippen LogP contribution is 2.50. The molecule has 0 saturated carbocycles. The number of ketones is 1. The van der Waals surface area contributed by atoms with E-state index in [1.165, 1.54) is 0 Å². The number of carbonyl (C=O) groups is 3. The van der Waals surface area contributed by atoms with Gasteiger partial charge in [-0.1, -0.05) is 24.3 Å². The summed E-state index contributed by atoms with van der Waals surface area (Å²) in [5.41, 5.74) is 2.25. The smallest absolute Gasteiger partial charge is 0.233 e. The van der Waals surface area contributed by atoms with E-state index in [4.69, 9.17) is 4.74 Å². The maximum absolute atomic E-state index is 13.4. The molecule has 2 saturated heterocycles. The molecule has 2 fully saturated rings. The van der Waals surface area contributed by atoms with Gasteiger partial charge < -0.3 is 4.74 Å². The molecule has 3 aliphatic rings. The summed E-state index contributed by atoms with van der Waals surface area (Å²) in [5, 5.41) is 8.52. The molecule has 1 N–H and O–H groups in total. The van der Waals surface area contributed by atoms with Crippen molar-refractivity contribution in [2.45, 2.75) is 12.1 Å². The average molecular weight is 375 g/mol. The number of benzene rings is 2. The lowest BCUT2D eigenvalue weighted by Crippen LogP contribution is -2.43. The number of amides is 2. The monoisotopic (exact) mass is 375 g/mol. The highest BCUT2D eigenvalue weighted by molar-refractivity contribution is 6.12. The second-order valence-electron chi connectivity index (χ2n) is 7.14. The normalized spacial score (nSPS) is 27.1. The van der Waals surface area contributed by atoms with Crippen LogP contribution < -0.4 is 10.1 Å². The lowest BCUT2D eigenvalue weighted by atomic mass is 9.83. The van der Waals surface area contributed by atoms with E-state index >= 15 is 0 Å². The number of rotatable bonds is 3. The molecule has 5 rings (SSSR count). The molecular formula is C21H17N3O4. The van der Waals surface area contributed by atoms with E-state index in [-0.39, 0.29) is 11.7 Å². The minimum absolute atomic E-state index is 0.235. The van der Waals surface area contributed by atoms with E-state index in [1.54, 1.807) is 42.6 Å². The number of ether oxygens (including phenoxy) is 1. The van der Waals surface area contributed by atoms with Crippen molar-refractivity contribution < 1.29 is 19.1 Å². The summed E-state index contributed by atoms with van der Waals surface area (Å²) in [5.74, 6) is -1.77. The van der Waals surface area contributed by atoms with Gasteiger partial charge in [0, 0.05) is 5.56 Å². The van der Waals surface area contributed by atoms with Crippen LogP contribution in [0.5, 0.6) is 5.75 Å². The Labute approximate surface area is 161 Å². The van der Waals surface area contributed by atoms with Gasteiger partial charge in [0.25, 0.3) is 0 Å². The first kappa shape index (κ1) is 16.7. The molecule has 7 nitrogen and oxygen atoms in total. The van der Waals surface area contributed by atoms with E-state index < -0.39 is 29.8 Å². The maximum atomic E-state index is 13.4. The van der Waals surface area contributed by atoms with E-state index in [9.17, 15) is 14.4 Å². The molecule has 0 unspecified atom stereocenters. The van der Waals surface area contributed by atoms with E-state index in [0.717, 1.165) is 11.1 Å². The van der Waals surface area contributed by atoms with Gasteiger partial charge in [0.05, 0.1) is 31.2 Å². The van der Waals surface area contributed by atoms with E-state index in [2.05, 4.69) is 10.4 Å². The van der Waals surface area contributed by atoms with Crippen LogP contribution in [0.1, 0.15) is 27.5 Å². The van der Waals surface area contributed by atoms with Gasteiger partial charge >= 0.3 is 0 Å². The summed E-state index contributed by atoms with van der Waals surface area (Å²) in [7, 11) is 1.55. The third-order valence-corrected chi connectivity index (χ3v) is 5.78. The van der Waals surface area contributed by atoms with Gasteiger partial charge in [-0.2, -0.15) is 5.10 Å². The van der Waals surface area contributed by atoms with Crippen LogP contribution in [-0.4, -0.2) is 42.0 Å². The van der Waals surface area contributed by atoms with Gasteiger partial charge in [0.2, 0.25) is 11.8 Å². The lowest BCUT2D eigenvalue weighted by molar-refractivity contribution is -0.127. The third kappa shape index (κ3) is 2.22. The molecule has 0 aliphatic carbocycles. The molecule has 3 aliphatic heterocycles. The number of imide groups is 1. The number of nitrogens with one attached hydrogen (secondary N) is 1. The average Bonchev–Trinajstić information content (AvgIpc) is 3.22. The van der Waals surface area contributed by atoms with Crippen LogP contribution in [0.3, 0.4) is 0 Å². The minimum atomic E-state index is -0.834. The van der Waals surface area contributed by atoms with E-state index in [0.29, 0.717) is 11.3 Å². The fourth-order valence-corrected chi connectivity index (χ4v) is 4.51. The summed E-state index contributed by atoms with van der Waals surface area (Å²) in [4.78, 5) is 38.5. The summed E-state index contributed by atoms with van der Waals surface area (Å²) in [6.45, 7) is 0. The first-order valence-corrected chi connectivity index (χ1v) is 9.04. The molecular weight excluding hydrogens is 358 g/mol. The van der Waals surface area contributed by atoms with E-state index in [1.807, 2.05) is 24.3 Å². The highest BCUT2D eigenvalue weighted by Gasteiger charge is 2.62. The van der Waals surface area contributed by atoms with Crippen LogP contribution >= 0.6 is 0 Å². The SMILES string of the molecule is COc1ccc(C(=O)[C@@H]2[C@H]3C(=O)NC(=O)[C@H]3[C@H]3c4ccccc4C=NN23)cc1. The number of hydrazone groups is 1. The van der Waals surface area contributed by atoms with Crippen LogP contribution in [0.15, 0.2) is 53.6 Å².